The van der Waals surface area contributed by atoms with Gasteiger partial charge in [0, 0.05) is 5.56 Å². The Bertz CT molecular complexity index is 1360. The van der Waals surface area contributed by atoms with Crippen LogP contribution in [0.25, 0.3) is 11.3 Å². The van der Waals surface area contributed by atoms with Gasteiger partial charge in [0.25, 0.3) is 5.91 Å². The van der Waals surface area contributed by atoms with Gasteiger partial charge in [-0.25, -0.2) is 4.99 Å². The minimum Gasteiger partial charge on any atom is -0.490 e. The zero-order chi connectivity index (χ0) is 27.1. The Balaban J connectivity index is 1.59. The molecule has 4 aliphatic rings. The van der Waals surface area contributed by atoms with Gasteiger partial charge in [0.1, 0.15) is 29.4 Å². The summed E-state index contributed by atoms with van der Waals surface area (Å²) in [5.41, 5.74) is 8.20. The lowest BCUT2D eigenvalue weighted by Gasteiger charge is -2.12. The average molecular weight is 557 g/mol. The van der Waals surface area contributed by atoms with Crippen molar-refractivity contribution in [3.8, 4) is 17.0 Å². The molecule has 10 nitrogen and oxygen atoms in total. The predicted octanol–water partition coefficient (Wildman–Crippen LogP) is 4.07. The molecule has 1 aromatic heterocycles. The first-order valence-electron chi connectivity index (χ1n) is 11.8. The number of benzene rings is 2. The van der Waals surface area contributed by atoms with Crippen LogP contribution in [0.1, 0.15) is 28.1 Å². The third kappa shape index (κ3) is 6.91. The summed E-state index contributed by atoms with van der Waals surface area (Å²) in [6.45, 7) is 2.80. The van der Waals surface area contributed by atoms with E-state index in [4.69, 9.17) is 38.2 Å². The molecule has 4 aliphatic heterocycles. The van der Waals surface area contributed by atoms with E-state index in [2.05, 4.69) is 26.1 Å². The maximum absolute atomic E-state index is 13.0. The van der Waals surface area contributed by atoms with Gasteiger partial charge in [0.05, 0.1) is 28.8 Å². The number of rotatable bonds is 0. The molecule has 5 N–H and O–H groups in total. The predicted molar refractivity (Wildman–Crippen MR) is 147 cm³/mol. The van der Waals surface area contributed by atoms with Gasteiger partial charge in [0.2, 0.25) is 5.91 Å². The molecule has 2 amide bonds. The van der Waals surface area contributed by atoms with Gasteiger partial charge in [-0.15, -0.1) is 0 Å². The minimum absolute atomic E-state index is 0.0891. The van der Waals surface area contributed by atoms with Crippen molar-refractivity contribution < 1.29 is 18.8 Å². The van der Waals surface area contributed by atoms with Gasteiger partial charge in [0.15, 0.2) is 5.96 Å². The van der Waals surface area contributed by atoms with E-state index >= 15 is 0 Å². The van der Waals surface area contributed by atoms with Crippen LogP contribution in [0.2, 0.25) is 10.0 Å². The minimum atomic E-state index is -0.515. The van der Waals surface area contributed by atoms with Gasteiger partial charge >= 0.3 is 0 Å². The maximum atomic E-state index is 13.0. The topological polar surface area (TPSA) is 144 Å². The number of aryl methyl sites for hydroxylation is 1. The van der Waals surface area contributed by atoms with E-state index < -0.39 is 5.91 Å². The van der Waals surface area contributed by atoms with Crippen LogP contribution in [0.5, 0.6) is 5.75 Å². The Hall–Kier alpha value is -3.86. The number of nitrogens with two attached hydrogens (primary N) is 1. The van der Waals surface area contributed by atoms with Gasteiger partial charge in [-0.05, 0) is 61.9 Å². The van der Waals surface area contributed by atoms with Gasteiger partial charge in [-0.1, -0.05) is 40.5 Å². The number of hydrogen-bond donors (Lipinski definition) is 4. The molecule has 0 fully saturated rings. The Morgan fingerprint density at radius 2 is 1.76 bits per heavy atom. The zero-order valence-corrected chi connectivity index (χ0v) is 22.0. The second-order valence-electron chi connectivity index (χ2n) is 8.37. The van der Waals surface area contributed by atoms with E-state index in [1.807, 2.05) is 12.2 Å². The number of aromatic nitrogens is 1. The Kier molecular flexibility index (Phi) is 9.01. The Morgan fingerprint density at radius 1 is 1.03 bits per heavy atom. The molecule has 0 unspecified atom stereocenters. The molecule has 4 bridgehead atoms. The highest BCUT2D eigenvalue weighted by atomic mass is 35.5. The Morgan fingerprint density at radius 3 is 2.50 bits per heavy atom. The molecule has 0 saturated carbocycles. The molecule has 2 aromatic carbocycles. The molecule has 3 aromatic rings. The summed E-state index contributed by atoms with van der Waals surface area (Å²) in [6.07, 6.45) is 4.57. The molecule has 7 rings (SSSR count). The quantitative estimate of drug-likeness (QED) is 0.305. The smallest absolute Gasteiger partial charge is 0.263 e. The van der Waals surface area contributed by atoms with Crippen LogP contribution in [0.3, 0.4) is 0 Å². The Labute approximate surface area is 229 Å². The molecule has 38 heavy (non-hydrogen) atoms. The fraction of sp³-hybridized carbons (Fsp3) is 0.231. The molecular weight excluding hydrogens is 531 g/mol. The normalized spacial score (nSPS) is 16.3. The fourth-order valence-corrected chi connectivity index (χ4v) is 4.30. The molecular formula is C26H26Cl2N6O4. The number of nitrogens with zero attached hydrogens (tertiary/aromatic N) is 2. The molecule has 12 heteroatoms. The first-order valence-corrected chi connectivity index (χ1v) is 12.5. The maximum Gasteiger partial charge on any atom is 0.263 e. The SMILES string of the molecule is Cc1onc2c1C(=O)NC(N)=NCc1cc(Cl)c(c(Cl)c1)NC(=O)CNCC/C=C/COc1ccc-2cc1. The highest BCUT2D eigenvalue weighted by Crippen LogP contribution is 2.32. The lowest BCUT2D eigenvalue weighted by Crippen LogP contribution is -2.37. The van der Waals surface area contributed by atoms with Crippen LogP contribution >= 0.6 is 23.2 Å². The summed E-state index contributed by atoms with van der Waals surface area (Å²) < 4.78 is 11.0. The fourth-order valence-electron chi connectivity index (χ4n) is 3.68. The van der Waals surface area contributed by atoms with E-state index in [-0.39, 0.29) is 40.6 Å². The lowest BCUT2D eigenvalue weighted by molar-refractivity contribution is -0.115. The summed E-state index contributed by atoms with van der Waals surface area (Å²) in [4.78, 5) is 29.5. The van der Waals surface area contributed by atoms with Crippen LogP contribution < -0.4 is 26.4 Å². The van der Waals surface area contributed by atoms with Gasteiger partial charge < -0.3 is 25.6 Å². The lowest BCUT2D eigenvalue weighted by atomic mass is 10.1. The summed E-state index contributed by atoms with van der Waals surface area (Å²) in [7, 11) is 0. The van der Waals surface area contributed by atoms with Gasteiger partial charge in [-0.3, -0.25) is 14.9 Å². The third-order valence-electron chi connectivity index (χ3n) is 5.54. The largest absolute Gasteiger partial charge is 0.490 e. The first-order chi connectivity index (χ1) is 18.3. The van der Waals surface area contributed by atoms with E-state index in [1.54, 1.807) is 43.3 Å². The number of aliphatic imine (C=N–C) groups is 1. The van der Waals surface area contributed by atoms with Crippen molar-refractivity contribution in [1.29, 1.82) is 0 Å². The molecule has 0 saturated heterocycles. The second kappa shape index (κ2) is 12.6. The van der Waals surface area contributed by atoms with Crippen molar-refractivity contribution in [3.05, 3.63) is 75.5 Å². The summed E-state index contributed by atoms with van der Waals surface area (Å²) in [6, 6.07) is 10.4. The first kappa shape index (κ1) is 27.2. The number of halogens is 2. The van der Waals surface area contributed by atoms with Crippen molar-refractivity contribution in [2.75, 3.05) is 25.0 Å². The summed E-state index contributed by atoms with van der Waals surface area (Å²) in [5.74, 6) is 0.0822. The highest BCUT2D eigenvalue weighted by Gasteiger charge is 2.22. The number of ether oxygens (including phenoxy) is 1. The number of anilines is 1. The summed E-state index contributed by atoms with van der Waals surface area (Å²) >= 11 is 12.7. The van der Waals surface area contributed by atoms with E-state index in [0.29, 0.717) is 53.6 Å². The van der Waals surface area contributed by atoms with E-state index in [1.165, 1.54) is 0 Å². The second-order valence-corrected chi connectivity index (χ2v) is 9.19. The van der Waals surface area contributed by atoms with Crippen LogP contribution in [-0.4, -0.2) is 42.6 Å². The van der Waals surface area contributed by atoms with Gasteiger partial charge in [-0.2, -0.15) is 0 Å². The number of nitrogens with one attached hydrogen (secondary N) is 3. The number of carbonyl (C=O) groups is 2. The number of amides is 2. The molecule has 0 aliphatic carbocycles. The molecule has 0 spiro atoms. The third-order valence-corrected chi connectivity index (χ3v) is 6.14. The van der Waals surface area contributed by atoms with E-state index in [9.17, 15) is 9.59 Å². The van der Waals surface area contributed by atoms with Crippen molar-refractivity contribution in [3.63, 3.8) is 0 Å². The molecule has 0 radical (unpaired) electrons. The molecule has 198 valence electrons. The number of carbonyl (C=O) groups excluding carboxylic acids is 2. The van der Waals surface area contributed by atoms with Crippen LogP contribution in [-0.2, 0) is 11.3 Å². The van der Waals surface area contributed by atoms with Crippen molar-refractivity contribution in [1.82, 2.24) is 15.8 Å². The van der Waals surface area contributed by atoms with Crippen LogP contribution in [0.15, 0.2) is 58.1 Å². The highest BCUT2D eigenvalue weighted by molar-refractivity contribution is 6.39. The standard InChI is InChI=1S/C26H26Cl2N6O4/c1-15-22-23(34-38-15)17-5-7-18(8-6-17)37-10-4-2-3-9-30-14-21(35)32-24-19(27)11-16(12-20(24)28)13-31-26(29)33-25(22)36/h2,4-8,11-12,30H,3,9-10,13-14H2,1H3,(H,32,35)(H3,29,31,33,36)/b4-2+. The number of hydrogen-bond acceptors (Lipinski definition) is 8. The van der Waals surface area contributed by atoms with Crippen LogP contribution in [0, 0.1) is 6.92 Å². The number of guanidine groups is 1. The molecule has 0 atom stereocenters. The van der Waals surface area contributed by atoms with Crippen LogP contribution in [0.4, 0.5) is 5.69 Å². The molecule has 5 heterocycles. The van der Waals surface area contributed by atoms with E-state index in [0.717, 1.165) is 0 Å². The zero-order valence-electron chi connectivity index (χ0n) is 20.5. The van der Waals surface area contributed by atoms with Crippen molar-refractivity contribution >= 4 is 46.7 Å². The van der Waals surface area contributed by atoms with Crippen molar-refractivity contribution in [2.24, 2.45) is 10.7 Å². The average Bonchev–Trinajstić information content (AvgIpc) is 3.27. The van der Waals surface area contributed by atoms with Crippen molar-refractivity contribution in [2.45, 2.75) is 19.9 Å². The summed E-state index contributed by atoms with van der Waals surface area (Å²) in [5, 5.41) is 12.9. The monoisotopic (exact) mass is 556 g/mol.